The zero-order chi connectivity index (χ0) is 11.5. The number of nitrogens with zero attached hydrogens (tertiary/aromatic N) is 1. The van der Waals surface area contributed by atoms with Gasteiger partial charge in [0, 0.05) is 19.1 Å². The molecule has 0 aliphatic carbocycles. The molecule has 3 nitrogen and oxygen atoms in total. The van der Waals surface area contributed by atoms with E-state index in [1.165, 1.54) is 26.1 Å². The summed E-state index contributed by atoms with van der Waals surface area (Å²) in [6.45, 7) is 12.5. The van der Waals surface area contributed by atoms with Crippen LogP contribution in [0.5, 0.6) is 0 Å². The Bertz CT molecular complexity index is 222. The second-order valence-corrected chi connectivity index (χ2v) is 5.56. The first-order chi connectivity index (χ1) is 7.70. The first-order valence-corrected chi connectivity index (χ1v) is 6.77. The molecule has 2 heterocycles. The van der Waals surface area contributed by atoms with Crippen LogP contribution in [0.3, 0.4) is 0 Å². The maximum absolute atomic E-state index is 5.75. The van der Waals surface area contributed by atoms with Crippen LogP contribution in [0.1, 0.15) is 27.2 Å². The Morgan fingerprint density at radius 3 is 2.75 bits per heavy atom. The van der Waals surface area contributed by atoms with E-state index in [-0.39, 0.29) is 0 Å². The molecule has 2 rings (SSSR count). The molecule has 2 saturated heterocycles. The molecule has 0 aromatic rings. The van der Waals surface area contributed by atoms with Crippen molar-refractivity contribution >= 4 is 0 Å². The van der Waals surface area contributed by atoms with E-state index in [2.05, 4.69) is 31.0 Å². The highest BCUT2D eigenvalue weighted by molar-refractivity contribution is 4.85. The summed E-state index contributed by atoms with van der Waals surface area (Å²) in [6, 6.07) is 0.643. The van der Waals surface area contributed by atoms with Crippen molar-refractivity contribution in [1.29, 1.82) is 0 Å². The van der Waals surface area contributed by atoms with Gasteiger partial charge < -0.3 is 10.1 Å². The average molecular weight is 226 g/mol. The molecule has 3 heteroatoms. The molecule has 2 aliphatic rings. The molecule has 0 aromatic heterocycles. The highest BCUT2D eigenvalue weighted by Crippen LogP contribution is 2.21. The number of nitrogens with one attached hydrogen (secondary N) is 1. The van der Waals surface area contributed by atoms with E-state index in [9.17, 15) is 0 Å². The second kappa shape index (κ2) is 5.48. The van der Waals surface area contributed by atoms with Crippen LogP contribution in [0.25, 0.3) is 0 Å². The molecule has 0 radical (unpaired) electrons. The molecular formula is C13H26N2O. The highest BCUT2D eigenvalue weighted by atomic mass is 16.5. The molecule has 0 aromatic carbocycles. The lowest BCUT2D eigenvalue weighted by Crippen LogP contribution is -2.50. The predicted molar refractivity (Wildman–Crippen MR) is 66.6 cm³/mol. The zero-order valence-electron chi connectivity index (χ0n) is 10.9. The minimum absolute atomic E-state index is 0.410. The molecule has 4 atom stereocenters. The summed E-state index contributed by atoms with van der Waals surface area (Å²) in [7, 11) is 0. The standard InChI is InChI=1S/C13H26N2O/c1-4-13-9-16-11(3)7-15(13)8-12-6-14-5-10(12)2/h10-14H,4-9H2,1-3H3/t10-,11?,12+,13?/m1/s1. The van der Waals surface area contributed by atoms with Gasteiger partial charge in [0.2, 0.25) is 0 Å². The topological polar surface area (TPSA) is 24.5 Å². The highest BCUT2D eigenvalue weighted by Gasteiger charge is 2.31. The van der Waals surface area contributed by atoms with Crippen molar-refractivity contribution in [2.24, 2.45) is 11.8 Å². The summed E-state index contributed by atoms with van der Waals surface area (Å²) < 4.78 is 5.75. The van der Waals surface area contributed by atoms with Crippen molar-refractivity contribution < 1.29 is 4.74 Å². The third kappa shape index (κ3) is 2.76. The molecule has 2 aliphatic heterocycles. The van der Waals surface area contributed by atoms with Crippen LogP contribution < -0.4 is 5.32 Å². The first-order valence-electron chi connectivity index (χ1n) is 6.77. The van der Waals surface area contributed by atoms with E-state index in [1.54, 1.807) is 0 Å². The zero-order valence-corrected chi connectivity index (χ0v) is 10.9. The Morgan fingerprint density at radius 1 is 1.31 bits per heavy atom. The molecule has 0 spiro atoms. The molecular weight excluding hydrogens is 200 g/mol. The van der Waals surface area contributed by atoms with Gasteiger partial charge in [0.1, 0.15) is 0 Å². The SMILES string of the molecule is CCC1COC(C)CN1C[C@@H]1CNC[C@H]1C. The summed E-state index contributed by atoms with van der Waals surface area (Å²) in [5.41, 5.74) is 0. The summed E-state index contributed by atoms with van der Waals surface area (Å²) in [4.78, 5) is 2.66. The van der Waals surface area contributed by atoms with E-state index in [0.29, 0.717) is 12.1 Å². The smallest absolute Gasteiger partial charge is 0.0674 e. The Labute approximate surface area is 99.5 Å². The Balaban J connectivity index is 1.89. The first kappa shape index (κ1) is 12.3. The Morgan fingerprint density at radius 2 is 2.12 bits per heavy atom. The van der Waals surface area contributed by atoms with Crippen molar-refractivity contribution in [3.8, 4) is 0 Å². The van der Waals surface area contributed by atoms with Crippen LogP contribution in [-0.4, -0.2) is 49.8 Å². The fourth-order valence-corrected chi connectivity index (χ4v) is 2.92. The van der Waals surface area contributed by atoms with E-state index in [4.69, 9.17) is 4.74 Å². The van der Waals surface area contributed by atoms with Gasteiger partial charge in [0.15, 0.2) is 0 Å². The third-order valence-electron chi connectivity index (χ3n) is 4.20. The second-order valence-electron chi connectivity index (χ2n) is 5.56. The fraction of sp³-hybridized carbons (Fsp3) is 1.00. The molecule has 2 unspecified atom stereocenters. The van der Waals surface area contributed by atoms with Crippen LogP contribution in [-0.2, 0) is 4.74 Å². The quantitative estimate of drug-likeness (QED) is 0.786. The molecule has 2 fully saturated rings. The van der Waals surface area contributed by atoms with Gasteiger partial charge in [-0.15, -0.1) is 0 Å². The Hall–Kier alpha value is -0.120. The Kier molecular flexibility index (Phi) is 4.22. The summed E-state index contributed by atoms with van der Waals surface area (Å²) in [5.74, 6) is 1.66. The normalized spacial score (nSPS) is 41.4. The van der Waals surface area contributed by atoms with E-state index in [1.807, 2.05) is 0 Å². The number of morpholine rings is 1. The maximum Gasteiger partial charge on any atom is 0.0674 e. The molecule has 1 N–H and O–H groups in total. The van der Waals surface area contributed by atoms with E-state index < -0.39 is 0 Å². The molecule has 16 heavy (non-hydrogen) atoms. The van der Waals surface area contributed by atoms with Gasteiger partial charge in [-0.2, -0.15) is 0 Å². The van der Waals surface area contributed by atoms with Gasteiger partial charge >= 0.3 is 0 Å². The van der Waals surface area contributed by atoms with Crippen molar-refractivity contribution in [2.45, 2.75) is 39.3 Å². The monoisotopic (exact) mass is 226 g/mol. The van der Waals surface area contributed by atoms with Gasteiger partial charge in [-0.25, -0.2) is 0 Å². The number of hydrogen-bond acceptors (Lipinski definition) is 3. The number of hydrogen-bond donors (Lipinski definition) is 1. The lowest BCUT2D eigenvalue weighted by molar-refractivity contribution is -0.0612. The maximum atomic E-state index is 5.75. The van der Waals surface area contributed by atoms with Crippen LogP contribution in [0.4, 0.5) is 0 Å². The number of ether oxygens (including phenoxy) is 1. The largest absolute Gasteiger partial charge is 0.376 e. The lowest BCUT2D eigenvalue weighted by Gasteiger charge is -2.40. The van der Waals surface area contributed by atoms with Crippen molar-refractivity contribution in [1.82, 2.24) is 10.2 Å². The lowest BCUT2D eigenvalue weighted by atomic mass is 9.96. The number of rotatable bonds is 3. The summed E-state index contributed by atoms with van der Waals surface area (Å²) in [6.07, 6.45) is 1.62. The van der Waals surface area contributed by atoms with Gasteiger partial charge in [-0.1, -0.05) is 13.8 Å². The van der Waals surface area contributed by atoms with E-state index in [0.717, 1.165) is 25.0 Å². The molecule has 94 valence electrons. The van der Waals surface area contributed by atoms with Gasteiger partial charge in [0.25, 0.3) is 0 Å². The van der Waals surface area contributed by atoms with E-state index >= 15 is 0 Å². The summed E-state index contributed by atoms with van der Waals surface area (Å²) >= 11 is 0. The van der Waals surface area contributed by atoms with Crippen LogP contribution in [0, 0.1) is 11.8 Å². The van der Waals surface area contributed by atoms with Gasteiger partial charge in [-0.05, 0) is 38.3 Å². The molecule has 0 bridgehead atoms. The average Bonchev–Trinajstić information content (AvgIpc) is 2.65. The predicted octanol–water partition coefficient (Wildman–Crippen LogP) is 1.34. The van der Waals surface area contributed by atoms with Crippen LogP contribution in [0.15, 0.2) is 0 Å². The van der Waals surface area contributed by atoms with Crippen molar-refractivity contribution in [3.05, 3.63) is 0 Å². The minimum Gasteiger partial charge on any atom is -0.376 e. The van der Waals surface area contributed by atoms with Crippen molar-refractivity contribution in [2.75, 3.05) is 32.8 Å². The van der Waals surface area contributed by atoms with Crippen LogP contribution in [0.2, 0.25) is 0 Å². The van der Waals surface area contributed by atoms with Gasteiger partial charge in [-0.3, -0.25) is 4.90 Å². The van der Waals surface area contributed by atoms with Crippen molar-refractivity contribution in [3.63, 3.8) is 0 Å². The minimum atomic E-state index is 0.410. The molecule has 0 amide bonds. The van der Waals surface area contributed by atoms with Gasteiger partial charge in [0.05, 0.1) is 12.7 Å². The summed E-state index contributed by atoms with van der Waals surface area (Å²) in [5, 5.41) is 3.50. The fourth-order valence-electron chi connectivity index (χ4n) is 2.92. The molecule has 0 saturated carbocycles. The third-order valence-corrected chi connectivity index (χ3v) is 4.20. The van der Waals surface area contributed by atoms with Crippen LogP contribution >= 0.6 is 0 Å².